The lowest BCUT2D eigenvalue weighted by Crippen LogP contribution is -2.69. The Morgan fingerprint density at radius 1 is 0.973 bits per heavy atom. The van der Waals surface area contributed by atoms with E-state index in [1.54, 1.807) is 0 Å². The molecule has 3 nitrogen and oxygen atoms in total. The van der Waals surface area contributed by atoms with Crippen molar-refractivity contribution in [3.05, 3.63) is 0 Å². The molecule has 6 unspecified atom stereocenters. The van der Waals surface area contributed by atoms with Gasteiger partial charge in [0.2, 0.25) is 0 Å². The third-order valence-corrected chi connectivity index (χ3v) is 14.9. The van der Waals surface area contributed by atoms with Crippen LogP contribution in [-0.2, 0) is 4.43 Å². The Kier molecular flexibility index (Phi) is 10.5. The number of rotatable bonds is 7. The minimum atomic E-state index is -4.75. The van der Waals surface area contributed by atoms with Gasteiger partial charge in [-0.15, -0.1) is 11.6 Å². The van der Waals surface area contributed by atoms with Gasteiger partial charge in [-0.2, -0.15) is 13.2 Å². The van der Waals surface area contributed by atoms with Gasteiger partial charge >= 0.3 is 6.18 Å². The molecule has 1 aliphatic heterocycles. The Labute approximate surface area is 225 Å². The Morgan fingerprint density at radius 3 is 2.03 bits per heavy atom. The van der Waals surface area contributed by atoms with E-state index in [4.69, 9.17) is 16.0 Å². The summed E-state index contributed by atoms with van der Waals surface area (Å²) in [6.45, 7) is 10.2. The van der Waals surface area contributed by atoms with Gasteiger partial charge in [-0.05, 0) is 61.6 Å². The molecule has 3 fully saturated rings. The average Bonchev–Trinajstić information content (AvgIpc) is 2.81. The molecule has 0 aromatic heterocycles. The Morgan fingerprint density at radius 2 is 1.54 bits per heavy atom. The monoisotopic (exact) mass is 575 g/mol. The summed E-state index contributed by atoms with van der Waals surface area (Å²) in [7, 11) is -2.35. The third kappa shape index (κ3) is 7.41. The molecule has 0 radical (unpaired) electrons. The molecule has 218 valence electrons. The number of aliphatic hydroxyl groups is 1. The van der Waals surface area contributed by atoms with Crippen molar-refractivity contribution >= 4 is 19.9 Å². The van der Waals surface area contributed by atoms with Crippen molar-refractivity contribution in [3.8, 4) is 0 Å². The zero-order chi connectivity index (χ0) is 27.8. The van der Waals surface area contributed by atoms with E-state index in [1.807, 2.05) is 13.1 Å². The lowest BCUT2D eigenvalue weighted by atomic mass is 9.59. The van der Waals surface area contributed by atoms with Crippen molar-refractivity contribution in [2.24, 2.45) is 29.6 Å². The van der Waals surface area contributed by atoms with Gasteiger partial charge < -0.3 is 9.53 Å². The predicted molar refractivity (Wildman–Crippen MR) is 141 cm³/mol. The van der Waals surface area contributed by atoms with E-state index in [0.717, 1.165) is 19.3 Å². The molecule has 0 bridgehead atoms. The number of hydrogen-bond acceptors (Lipinski definition) is 3. The molecule has 2 saturated carbocycles. The quantitative estimate of drug-likeness (QED) is 0.185. The summed E-state index contributed by atoms with van der Waals surface area (Å²) in [4.78, 5) is 0. The lowest BCUT2D eigenvalue weighted by molar-refractivity contribution is -0.218. The summed E-state index contributed by atoms with van der Waals surface area (Å²) >= 11 is 6.25. The number of nitrogens with one attached hydrogen (secondary N) is 1. The highest BCUT2D eigenvalue weighted by atomic mass is 35.5. The van der Waals surface area contributed by atoms with Crippen LogP contribution in [0, 0.1) is 29.6 Å². The van der Waals surface area contributed by atoms with Crippen molar-refractivity contribution in [2.75, 3.05) is 6.61 Å². The smallest absolute Gasteiger partial charge is 0.404 e. The van der Waals surface area contributed by atoms with Crippen LogP contribution in [0.5, 0.6) is 0 Å². The maximum absolute atomic E-state index is 14.6. The first kappa shape index (κ1) is 31.6. The van der Waals surface area contributed by atoms with E-state index in [-0.39, 0.29) is 28.9 Å². The highest BCUT2D eigenvalue weighted by molar-refractivity contribution is 6.74. The van der Waals surface area contributed by atoms with Crippen molar-refractivity contribution in [1.29, 1.82) is 0 Å². The highest BCUT2D eigenvalue weighted by Crippen LogP contribution is 2.51. The van der Waals surface area contributed by atoms with E-state index >= 15 is 0 Å². The Hall–Kier alpha value is 0.0369. The number of halogens is 6. The predicted octanol–water partition coefficient (Wildman–Crippen LogP) is 7.76. The molecule has 10 heteroatoms. The maximum Gasteiger partial charge on any atom is 0.404 e. The minimum absolute atomic E-state index is 0.0120. The van der Waals surface area contributed by atoms with Gasteiger partial charge in [-0.3, -0.25) is 5.32 Å². The molecule has 0 aromatic rings. The van der Waals surface area contributed by atoms with E-state index in [1.165, 1.54) is 0 Å². The first-order valence-electron chi connectivity index (χ1n) is 14.1. The molecule has 2 N–H and O–H groups in total. The normalized spacial score (nSPS) is 36.1. The molecular formula is C27H47ClF5NO2Si. The van der Waals surface area contributed by atoms with Gasteiger partial charge in [-0.1, -0.05) is 52.9 Å². The molecule has 1 heterocycles. The third-order valence-electron chi connectivity index (χ3n) is 10.00. The summed E-state index contributed by atoms with van der Waals surface area (Å²) in [6, 6.07) is -3.81. The largest absolute Gasteiger partial charge is 0.416 e. The fraction of sp³-hybridized carbons (Fsp3) is 1.00. The molecule has 0 amide bonds. The van der Waals surface area contributed by atoms with Gasteiger partial charge in [-0.25, -0.2) is 8.78 Å². The van der Waals surface area contributed by atoms with Crippen LogP contribution in [0.25, 0.3) is 0 Å². The molecule has 6 atom stereocenters. The fourth-order valence-electron chi connectivity index (χ4n) is 6.84. The summed E-state index contributed by atoms with van der Waals surface area (Å²) in [5.74, 6) is -3.15. The van der Waals surface area contributed by atoms with Crippen LogP contribution < -0.4 is 5.32 Å². The second-order valence-electron chi connectivity index (χ2n) is 13.3. The number of hydrogen-bond donors (Lipinski definition) is 2. The van der Waals surface area contributed by atoms with E-state index in [2.05, 4.69) is 26.1 Å². The van der Waals surface area contributed by atoms with Crippen molar-refractivity contribution < 1.29 is 31.5 Å². The van der Waals surface area contributed by atoms with E-state index in [0.29, 0.717) is 38.5 Å². The van der Waals surface area contributed by atoms with Gasteiger partial charge in [0.05, 0.1) is 12.1 Å². The first-order chi connectivity index (χ1) is 17.0. The molecular weight excluding hydrogens is 529 g/mol. The second kappa shape index (κ2) is 12.3. The molecule has 2 aliphatic carbocycles. The molecule has 37 heavy (non-hydrogen) atoms. The van der Waals surface area contributed by atoms with Crippen molar-refractivity contribution in [3.63, 3.8) is 0 Å². The fourth-order valence-corrected chi connectivity index (χ4v) is 8.13. The van der Waals surface area contributed by atoms with Gasteiger partial charge in [0, 0.05) is 23.8 Å². The number of alkyl halides is 6. The lowest BCUT2D eigenvalue weighted by Gasteiger charge is -2.54. The van der Waals surface area contributed by atoms with Crippen LogP contribution in [0.4, 0.5) is 22.0 Å². The average molecular weight is 576 g/mol. The maximum atomic E-state index is 14.6. The van der Waals surface area contributed by atoms with Crippen molar-refractivity contribution in [2.45, 2.75) is 133 Å². The molecule has 0 aromatic carbocycles. The molecule has 1 saturated heterocycles. The van der Waals surface area contributed by atoms with Crippen LogP contribution in [0.15, 0.2) is 0 Å². The highest BCUT2D eigenvalue weighted by Gasteiger charge is 2.60. The first-order valence-corrected chi connectivity index (χ1v) is 17.5. The Balaban J connectivity index is 2.04. The molecule has 3 rings (SSSR count). The van der Waals surface area contributed by atoms with E-state index < -0.39 is 56.9 Å². The van der Waals surface area contributed by atoms with E-state index in [9.17, 15) is 27.1 Å². The number of aliphatic hydroxyl groups excluding tert-OH is 1. The second-order valence-corrected chi connectivity index (χ2v) is 18.8. The van der Waals surface area contributed by atoms with Crippen LogP contribution in [0.2, 0.25) is 18.1 Å². The summed E-state index contributed by atoms with van der Waals surface area (Å²) in [5, 5.41) is 13.8. The van der Waals surface area contributed by atoms with Crippen LogP contribution in [0.1, 0.15) is 78.6 Å². The summed E-state index contributed by atoms with van der Waals surface area (Å²) in [6.07, 6.45) is -2.38. The topological polar surface area (TPSA) is 41.5 Å². The standard InChI is InChI=1S/C27H47ClF5NO2Si/c1-26(2,3)37(4,5)36-15-19-20(16-9-7-6-8-10-16)21(23(35)17-11-13-18(28)14-12-17)24(27(31,32)33)34-22(19)25(29)30/h16-25,34-35H,6-15H2,1-5H3. The van der Waals surface area contributed by atoms with Gasteiger partial charge in [0.15, 0.2) is 8.32 Å². The molecule has 3 aliphatic rings. The van der Waals surface area contributed by atoms with Gasteiger partial charge in [0.25, 0.3) is 6.43 Å². The minimum Gasteiger partial charge on any atom is -0.416 e. The Bertz CT molecular complexity index is 721. The number of piperidine rings is 1. The van der Waals surface area contributed by atoms with Crippen LogP contribution in [0.3, 0.4) is 0 Å². The van der Waals surface area contributed by atoms with Crippen molar-refractivity contribution in [1.82, 2.24) is 5.32 Å². The van der Waals surface area contributed by atoms with Crippen LogP contribution >= 0.6 is 11.6 Å². The summed E-state index contributed by atoms with van der Waals surface area (Å²) in [5.41, 5.74) is 0. The van der Waals surface area contributed by atoms with Gasteiger partial charge in [0.1, 0.15) is 6.04 Å². The zero-order valence-corrected chi connectivity index (χ0v) is 24.7. The van der Waals surface area contributed by atoms with Crippen LogP contribution in [-0.4, -0.2) is 56.2 Å². The zero-order valence-electron chi connectivity index (χ0n) is 23.0. The summed E-state index contributed by atoms with van der Waals surface area (Å²) < 4.78 is 79.1. The SMILES string of the molecule is CC(C)(C)[Si](C)(C)OCC1C(C(F)F)NC(C(F)(F)F)C(C(O)C2CCC(Cl)CC2)C1C1CCCCC1. The molecule has 0 spiro atoms.